The van der Waals surface area contributed by atoms with E-state index in [1.54, 1.807) is 25.1 Å². The SMILES string of the molecule is Cc1ccc(NS(C)(=O)=O)cc1NC(=O)N1CCOC[C@@H](O)C1. The smallest absolute Gasteiger partial charge is 0.322 e. The van der Waals surface area contributed by atoms with Crippen LogP contribution in [-0.4, -0.2) is 63.1 Å². The number of β-amino-alcohol motifs (C(OH)–C–C–N with tert-alkyl or cyclic N) is 1. The summed E-state index contributed by atoms with van der Waals surface area (Å²) in [5.74, 6) is 0. The van der Waals surface area contributed by atoms with Crippen molar-refractivity contribution < 1.29 is 23.1 Å². The lowest BCUT2D eigenvalue weighted by Gasteiger charge is -2.22. The van der Waals surface area contributed by atoms with Gasteiger partial charge in [0.25, 0.3) is 0 Å². The molecular formula is C14H21N3O5S. The summed E-state index contributed by atoms with van der Waals surface area (Å²) in [4.78, 5) is 13.8. The van der Waals surface area contributed by atoms with Gasteiger partial charge in [-0.2, -0.15) is 0 Å². The summed E-state index contributed by atoms with van der Waals surface area (Å²) in [6, 6.07) is 4.52. The van der Waals surface area contributed by atoms with Gasteiger partial charge < -0.3 is 20.1 Å². The van der Waals surface area contributed by atoms with Crippen LogP contribution in [0.3, 0.4) is 0 Å². The lowest BCUT2D eigenvalue weighted by atomic mass is 10.2. The number of benzene rings is 1. The lowest BCUT2D eigenvalue weighted by Crippen LogP contribution is -2.40. The van der Waals surface area contributed by atoms with Gasteiger partial charge in [0, 0.05) is 12.2 Å². The van der Waals surface area contributed by atoms with E-state index in [1.807, 2.05) is 0 Å². The molecule has 0 aliphatic carbocycles. The number of nitrogens with zero attached hydrogens (tertiary/aromatic N) is 1. The molecule has 128 valence electrons. The van der Waals surface area contributed by atoms with Crippen molar-refractivity contribution in [2.75, 3.05) is 42.6 Å². The fraction of sp³-hybridized carbons (Fsp3) is 0.500. The zero-order valence-electron chi connectivity index (χ0n) is 13.1. The Labute approximate surface area is 135 Å². The van der Waals surface area contributed by atoms with Gasteiger partial charge in [0.1, 0.15) is 0 Å². The van der Waals surface area contributed by atoms with Crippen LogP contribution in [-0.2, 0) is 14.8 Å². The van der Waals surface area contributed by atoms with E-state index in [2.05, 4.69) is 10.0 Å². The van der Waals surface area contributed by atoms with Gasteiger partial charge in [0.2, 0.25) is 10.0 Å². The topological polar surface area (TPSA) is 108 Å². The number of carbonyl (C=O) groups is 1. The Hall–Kier alpha value is -1.84. The molecule has 0 radical (unpaired) electrons. The third kappa shape index (κ3) is 5.38. The summed E-state index contributed by atoms with van der Waals surface area (Å²) in [6.45, 7) is 2.94. The van der Waals surface area contributed by atoms with Crippen LogP contribution in [0.5, 0.6) is 0 Å². The molecular weight excluding hydrogens is 322 g/mol. The molecule has 0 bridgehead atoms. The molecule has 0 aromatic heterocycles. The molecule has 9 heteroatoms. The highest BCUT2D eigenvalue weighted by atomic mass is 32.2. The number of hydrogen-bond donors (Lipinski definition) is 3. The molecule has 0 unspecified atom stereocenters. The lowest BCUT2D eigenvalue weighted by molar-refractivity contribution is 0.0575. The maximum absolute atomic E-state index is 12.3. The first-order valence-corrected chi connectivity index (χ1v) is 9.04. The summed E-state index contributed by atoms with van der Waals surface area (Å²) in [7, 11) is -3.39. The van der Waals surface area contributed by atoms with E-state index in [0.29, 0.717) is 24.5 Å². The molecule has 0 spiro atoms. The Kier molecular flexibility index (Phi) is 5.45. The molecule has 1 aromatic carbocycles. The van der Waals surface area contributed by atoms with Gasteiger partial charge in [0.05, 0.1) is 37.8 Å². The Morgan fingerprint density at radius 1 is 1.43 bits per heavy atom. The molecule has 23 heavy (non-hydrogen) atoms. The number of rotatable bonds is 3. The fourth-order valence-corrected chi connectivity index (χ4v) is 2.76. The summed E-state index contributed by atoms with van der Waals surface area (Å²) < 4.78 is 30.1. The normalized spacial score (nSPS) is 19.1. The third-order valence-electron chi connectivity index (χ3n) is 3.32. The first-order valence-electron chi connectivity index (χ1n) is 7.15. The van der Waals surface area contributed by atoms with E-state index >= 15 is 0 Å². The number of sulfonamides is 1. The van der Waals surface area contributed by atoms with Crippen molar-refractivity contribution in [3.05, 3.63) is 23.8 Å². The van der Waals surface area contributed by atoms with Crippen molar-refractivity contribution in [2.45, 2.75) is 13.0 Å². The van der Waals surface area contributed by atoms with Gasteiger partial charge in [-0.3, -0.25) is 4.72 Å². The molecule has 1 aromatic rings. The third-order valence-corrected chi connectivity index (χ3v) is 3.92. The summed E-state index contributed by atoms with van der Waals surface area (Å²) in [5.41, 5.74) is 1.67. The number of carbonyl (C=O) groups excluding carboxylic acids is 1. The number of anilines is 2. The summed E-state index contributed by atoms with van der Waals surface area (Å²) in [6.07, 6.45) is 0.339. The van der Waals surface area contributed by atoms with Crippen molar-refractivity contribution >= 4 is 27.4 Å². The number of ether oxygens (including phenoxy) is 1. The van der Waals surface area contributed by atoms with Gasteiger partial charge in [-0.05, 0) is 24.6 Å². The number of urea groups is 1. The minimum Gasteiger partial charge on any atom is -0.389 e. The van der Waals surface area contributed by atoms with E-state index in [-0.39, 0.29) is 19.2 Å². The van der Waals surface area contributed by atoms with Crippen LogP contribution in [0, 0.1) is 6.92 Å². The summed E-state index contributed by atoms with van der Waals surface area (Å²) in [5, 5.41) is 12.4. The van der Waals surface area contributed by atoms with Crippen LogP contribution < -0.4 is 10.0 Å². The number of aryl methyl sites for hydroxylation is 1. The molecule has 2 amide bonds. The van der Waals surface area contributed by atoms with E-state index in [0.717, 1.165) is 11.8 Å². The van der Waals surface area contributed by atoms with Gasteiger partial charge in [-0.15, -0.1) is 0 Å². The Bertz CT molecular complexity index is 677. The van der Waals surface area contributed by atoms with Crippen molar-refractivity contribution in [1.29, 1.82) is 0 Å². The number of hydrogen-bond acceptors (Lipinski definition) is 5. The molecule has 1 aliphatic rings. The van der Waals surface area contributed by atoms with Gasteiger partial charge in [-0.25, -0.2) is 13.2 Å². The first kappa shape index (κ1) is 17.5. The second kappa shape index (κ2) is 7.16. The molecule has 1 saturated heterocycles. The van der Waals surface area contributed by atoms with Crippen molar-refractivity contribution in [3.8, 4) is 0 Å². The Morgan fingerprint density at radius 3 is 2.87 bits per heavy atom. The fourth-order valence-electron chi connectivity index (χ4n) is 2.21. The van der Waals surface area contributed by atoms with Gasteiger partial charge >= 0.3 is 6.03 Å². The number of aliphatic hydroxyl groups is 1. The predicted molar refractivity (Wildman–Crippen MR) is 87.1 cm³/mol. The minimum atomic E-state index is -3.39. The summed E-state index contributed by atoms with van der Waals surface area (Å²) >= 11 is 0. The minimum absolute atomic E-state index is 0.187. The average molecular weight is 343 g/mol. The van der Waals surface area contributed by atoms with Crippen LogP contribution in [0.15, 0.2) is 18.2 Å². The van der Waals surface area contributed by atoms with E-state index in [9.17, 15) is 18.3 Å². The monoisotopic (exact) mass is 343 g/mol. The average Bonchev–Trinajstić information content (AvgIpc) is 2.65. The highest BCUT2D eigenvalue weighted by molar-refractivity contribution is 7.92. The second-order valence-electron chi connectivity index (χ2n) is 5.51. The quantitative estimate of drug-likeness (QED) is 0.744. The van der Waals surface area contributed by atoms with Crippen LogP contribution in [0.4, 0.5) is 16.2 Å². The molecule has 1 aliphatic heterocycles. The van der Waals surface area contributed by atoms with Crippen LogP contribution in [0.2, 0.25) is 0 Å². The predicted octanol–water partition coefficient (Wildman–Crippen LogP) is 0.592. The standard InChI is InChI=1S/C14H21N3O5S/c1-10-3-4-11(16-23(2,20)21)7-13(10)15-14(19)17-5-6-22-9-12(18)8-17/h3-4,7,12,16,18H,5-6,8-9H2,1-2H3,(H,15,19)/t12-/m0/s1. The Balaban J connectivity index is 2.11. The number of amides is 2. The molecule has 1 fully saturated rings. The maximum atomic E-state index is 12.3. The van der Waals surface area contributed by atoms with E-state index < -0.39 is 16.1 Å². The molecule has 2 rings (SSSR count). The maximum Gasteiger partial charge on any atom is 0.322 e. The van der Waals surface area contributed by atoms with Crippen LogP contribution in [0.25, 0.3) is 0 Å². The van der Waals surface area contributed by atoms with Gasteiger partial charge in [-0.1, -0.05) is 6.07 Å². The molecule has 1 atom stereocenters. The molecule has 8 nitrogen and oxygen atoms in total. The zero-order chi connectivity index (χ0) is 17.0. The van der Waals surface area contributed by atoms with E-state index in [1.165, 1.54) is 4.90 Å². The van der Waals surface area contributed by atoms with E-state index in [4.69, 9.17) is 4.74 Å². The highest BCUT2D eigenvalue weighted by Gasteiger charge is 2.21. The van der Waals surface area contributed by atoms with Crippen molar-refractivity contribution in [3.63, 3.8) is 0 Å². The first-order chi connectivity index (χ1) is 10.7. The van der Waals surface area contributed by atoms with Crippen molar-refractivity contribution in [2.24, 2.45) is 0 Å². The molecule has 1 heterocycles. The molecule has 3 N–H and O–H groups in total. The van der Waals surface area contributed by atoms with Crippen molar-refractivity contribution in [1.82, 2.24) is 4.90 Å². The number of nitrogens with one attached hydrogen (secondary N) is 2. The largest absolute Gasteiger partial charge is 0.389 e. The van der Waals surface area contributed by atoms with Gasteiger partial charge in [0.15, 0.2) is 0 Å². The van der Waals surface area contributed by atoms with Crippen LogP contribution in [0.1, 0.15) is 5.56 Å². The number of aliphatic hydroxyl groups excluding tert-OH is 1. The zero-order valence-corrected chi connectivity index (χ0v) is 13.9. The highest BCUT2D eigenvalue weighted by Crippen LogP contribution is 2.21. The molecule has 0 saturated carbocycles. The Morgan fingerprint density at radius 2 is 2.17 bits per heavy atom. The van der Waals surface area contributed by atoms with Crippen LogP contribution >= 0.6 is 0 Å². The second-order valence-corrected chi connectivity index (χ2v) is 7.26.